The van der Waals surface area contributed by atoms with Crippen molar-refractivity contribution in [2.75, 3.05) is 18.5 Å². The van der Waals surface area contributed by atoms with Crippen LogP contribution >= 0.6 is 11.6 Å². The molecule has 2 aliphatic rings. The zero-order chi connectivity index (χ0) is 19.0. The molecular weight excluding hydrogens is 362 g/mol. The number of allylic oxidation sites excluding steroid dienone is 1. The van der Waals surface area contributed by atoms with Gasteiger partial charge in [-0.3, -0.25) is 0 Å². The number of rotatable bonds is 3. The molecule has 2 aromatic rings. The molecule has 27 heavy (non-hydrogen) atoms. The van der Waals surface area contributed by atoms with Crippen LogP contribution in [0.2, 0.25) is 5.02 Å². The Bertz CT molecular complexity index is 935. The number of fused-ring (bicyclic) bond motifs is 2. The highest BCUT2D eigenvalue weighted by Crippen LogP contribution is 2.45. The molecule has 1 atom stereocenters. The first-order valence-electron chi connectivity index (χ1n) is 9.30. The summed E-state index contributed by atoms with van der Waals surface area (Å²) >= 11 is 6.27. The van der Waals surface area contributed by atoms with E-state index in [9.17, 15) is 4.79 Å². The first kappa shape index (κ1) is 17.9. The molecule has 0 unspecified atom stereocenters. The lowest BCUT2D eigenvalue weighted by Gasteiger charge is -2.30. The molecule has 0 spiro atoms. The van der Waals surface area contributed by atoms with Gasteiger partial charge in [-0.15, -0.1) is 0 Å². The molecule has 0 bridgehead atoms. The van der Waals surface area contributed by atoms with Gasteiger partial charge in [-0.25, -0.2) is 4.79 Å². The van der Waals surface area contributed by atoms with Crippen molar-refractivity contribution in [2.24, 2.45) is 0 Å². The summed E-state index contributed by atoms with van der Waals surface area (Å²) in [6.45, 7) is 4.94. The van der Waals surface area contributed by atoms with Crippen molar-refractivity contribution in [3.63, 3.8) is 0 Å². The lowest BCUT2D eigenvalue weighted by Crippen LogP contribution is -2.23. The van der Waals surface area contributed by atoms with Gasteiger partial charge in [-0.1, -0.05) is 23.7 Å². The second kappa shape index (κ2) is 7.28. The van der Waals surface area contributed by atoms with Gasteiger partial charge in [-0.2, -0.15) is 0 Å². The summed E-state index contributed by atoms with van der Waals surface area (Å²) in [5.41, 5.74) is 4.92. The minimum atomic E-state index is -0.346. The van der Waals surface area contributed by atoms with Crippen LogP contribution in [0.3, 0.4) is 0 Å². The molecule has 0 fully saturated rings. The lowest BCUT2D eigenvalue weighted by atomic mass is 9.81. The summed E-state index contributed by atoms with van der Waals surface area (Å²) < 4.78 is 11.3. The number of carbonyl (C=O) groups is 1. The van der Waals surface area contributed by atoms with E-state index >= 15 is 0 Å². The quantitative estimate of drug-likeness (QED) is 0.752. The third-order valence-electron chi connectivity index (χ3n) is 5.11. The zero-order valence-corrected chi connectivity index (χ0v) is 16.2. The molecule has 5 heteroatoms. The Morgan fingerprint density at radius 1 is 1.30 bits per heavy atom. The Hall–Kier alpha value is -2.46. The Balaban J connectivity index is 1.88. The van der Waals surface area contributed by atoms with Crippen molar-refractivity contribution >= 4 is 23.3 Å². The number of hydrogen-bond acceptors (Lipinski definition) is 4. The van der Waals surface area contributed by atoms with Crippen LogP contribution in [0, 0.1) is 0 Å². The number of halogens is 1. The standard InChI is InChI=1S/C22H22ClNO3/c1-3-26-22(25)20-13(2)27-19-9-7-16(23)12-17(19)21(20)15-6-8-18-14(11-15)5-4-10-24-18/h6-9,11-12,21,24H,3-5,10H2,1-2H3/t21-/m1/s1. The molecule has 0 saturated carbocycles. The van der Waals surface area contributed by atoms with Crippen molar-refractivity contribution in [3.8, 4) is 5.75 Å². The van der Waals surface area contributed by atoms with Crippen LogP contribution in [-0.4, -0.2) is 19.1 Å². The Morgan fingerprint density at radius 2 is 2.15 bits per heavy atom. The topological polar surface area (TPSA) is 47.6 Å². The van der Waals surface area contributed by atoms with Crippen molar-refractivity contribution < 1.29 is 14.3 Å². The molecule has 140 valence electrons. The molecule has 0 aliphatic carbocycles. The van der Waals surface area contributed by atoms with E-state index in [-0.39, 0.29) is 11.9 Å². The van der Waals surface area contributed by atoms with Crippen molar-refractivity contribution in [3.05, 3.63) is 69.4 Å². The number of benzene rings is 2. The number of esters is 1. The normalized spacial score (nSPS) is 18.1. The summed E-state index contributed by atoms with van der Waals surface area (Å²) in [5.74, 6) is 0.690. The maximum Gasteiger partial charge on any atom is 0.338 e. The van der Waals surface area contributed by atoms with Crippen LogP contribution in [0.15, 0.2) is 47.7 Å². The Labute approximate surface area is 164 Å². The second-order valence-electron chi connectivity index (χ2n) is 6.85. The minimum absolute atomic E-state index is 0.265. The van der Waals surface area contributed by atoms with E-state index in [1.54, 1.807) is 6.07 Å². The fraction of sp³-hybridized carbons (Fsp3) is 0.318. The molecule has 4 nitrogen and oxygen atoms in total. The molecule has 2 aliphatic heterocycles. The number of hydrogen-bond donors (Lipinski definition) is 1. The molecule has 0 aromatic heterocycles. The Kier molecular flexibility index (Phi) is 4.83. The maximum atomic E-state index is 12.8. The largest absolute Gasteiger partial charge is 0.463 e. The fourth-order valence-corrected chi connectivity index (χ4v) is 4.09. The molecule has 1 N–H and O–H groups in total. The highest BCUT2D eigenvalue weighted by molar-refractivity contribution is 6.30. The summed E-state index contributed by atoms with van der Waals surface area (Å²) in [5, 5.41) is 4.05. The number of ether oxygens (including phenoxy) is 2. The van der Waals surface area contributed by atoms with E-state index in [4.69, 9.17) is 21.1 Å². The highest BCUT2D eigenvalue weighted by Gasteiger charge is 2.35. The first-order valence-corrected chi connectivity index (χ1v) is 9.68. The molecule has 2 aromatic carbocycles. The van der Waals surface area contributed by atoms with Gasteiger partial charge in [0.25, 0.3) is 0 Å². The zero-order valence-electron chi connectivity index (χ0n) is 15.5. The number of aryl methyl sites for hydroxylation is 1. The average Bonchev–Trinajstić information content (AvgIpc) is 2.67. The summed E-state index contributed by atoms with van der Waals surface area (Å²) in [4.78, 5) is 12.8. The van der Waals surface area contributed by atoms with E-state index in [1.165, 1.54) is 11.3 Å². The van der Waals surface area contributed by atoms with Crippen LogP contribution in [0.5, 0.6) is 5.75 Å². The van der Waals surface area contributed by atoms with Crippen LogP contribution in [-0.2, 0) is 16.0 Å². The van der Waals surface area contributed by atoms with E-state index in [0.29, 0.717) is 23.0 Å². The molecule has 0 radical (unpaired) electrons. The van der Waals surface area contributed by atoms with Gasteiger partial charge >= 0.3 is 5.97 Å². The number of carbonyl (C=O) groups excluding carboxylic acids is 1. The van der Waals surface area contributed by atoms with Gasteiger partial charge in [-0.05, 0) is 62.1 Å². The van der Waals surface area contributed by atoms with Gasteiger partial charge < -0.3 is 14.8 Å². The SMILES string of the molecule is CCOC(=O)C1=C(C)Oc2ccc(Cl)cc2[C@H]1c1ccc2c(c1)CCCN2. The van der Waals surface area contributed by atoms with Gasteiger partial charge in [0.05, 0.1) is 12.2 Å². The summed E-state index contributed by atoms with van der Waals surface area (Å²) in [6.07, 6.45) is 2.13. The molecule has 0 amide bonds. The van der Waals surface area contributed by atoms with Crippen LogP contribution in [0.1, 0.15) is 42.9 Å². The second-order valence-corrected chi connectivity index (χ2v) is 7.29. The molecule has 0 saturated heterocycles. The van der Waals surface area contributed by atoms with Gasteiger partial charge in [0.2, 0.25) is 0 Å². The van der Waals surface area contributed by atoms with Gasteiger partial charge in [0, 0.05) is 28.7 Å². The third kappa shape index (κ3) is 3.30. The smallest absolute Gasteiger partial charge is 0.338 e. The number of anilines is 1. The molecule has 2 heterocycles. The van der Waals surface area contributed by atoms with E-state index < -0.39 is 0 Å². The number of nitrogens with one attached hydrogen (secondary N) is 1. The minimum Gasteiger partial charge on any atom is -0.463 e. The van der Waals surface area contributed by atoms with Crippen molar-refractivity contribution in [1.82, 2.24) is 0 Å². The van der Waals surface area contributed by atoms with Crippen molar-refractivity contribution in [1.29, 1.82) is 0 Å². The van der Waals surface area contributed by atoms with E-state index in [0.717, 1.165) is 36.3 Å². The molecule has 4 rings (SSSR count). The highest BCUT2D eigenvalue weighted by atomic mass is 35.5. The monoisotopic (exact) mass is 383 g/mol. The predicted molar refractivity (Wildman–Crippen MR) is 107 cm³/mol. The fourth-order valence-electron chi connectivity index (χ4n) is 3.91. The lowest BCUT2D eigenvalue weighted by molar-refractivity contribution is -0.139. The molecular formula is C22H22ClNO3. The van der Waals surface area contributed by atoms with Crippen LogP contribution in [0.25, 0.3) is 0 Å². The van der Waals surface area contributed by atoms with Crippen LogP contribution < -0.4 is 10.1 Å². The third-order valence-corrected chi connectivity index (χ3v) is 5.35. The van der Waals surface area contributed by atoms with Gasteiger partial charge in [0.1, 0.15) is 11.5 Å². The maximum absolute atomic E-state index is 12.8. The Morgan fingerprint density at radius 3 is 2.96 bits per heavy atom. The first-order chi connectivity index (χ1) is 13.1. The van der Waals surface area contributed by atoms with Gasteiger partial charge in [0.15, 0.2) is 0 Å². The summed E-state index contributed by atoms with van der Waals surface area (Å²) in [7, 11) is 0. The van der Waals surface area contributed by atoms with E-state index in [1.807, 2.05) is 26.0 Å². The summed E-state index contributed by atoms with van der Waals surface area (Å²) in [6, 6.07) is 11.9. The predicted octanol–water partition coefficient (Wildman–Crippen LogP) is 5.06. The van der Waals surface area contributed by atoms with E-state index in [2.05, 4.69) is 23.5 Å². The van der Waals surface area contributed by atoms with Crippen LogP contribution in [0.4, 0.5) is 5.69 Å². The van der Waals surface area contributed by atoms with Crippen molar-refractivity contribution in [2.45, 2.75) is 32.6 Å². The average molecular weight is 384 g/mol.